The van der Waals surface area contributed by atoms with Crippen molar-refractivity contribution in [2.45, 2.75) is 38.9 Å². The fourth-order valence-electron chi connectivity index (χ4n) is 4.17. The zero-order chi connectivity index (χ0) is 26.6. The van der Waals surface area contributed by atoms with Crippen molar-refractivity contribution < 1.29 is 34.0 Å². The molecule has 0 atom stereocenters. The molecule has 0 spiro atoms. The van der Waals surface area contributed by atoms with Crippen molar-refractivity contribution in [2.24, 2.45) is 0 Å². The molecule has 2 aromatic carbocycles. The lowest BCUT2D eigenvalue weighted by Gasteiger charge is -2.24. The Hall–Kier alpha value is -3.14. The molecule has 3 rings (SSSR count). The Labute approximate surface area is 214 Å². The van der Waals surface area contributed by atoms with E-state index in [0.29, 0.717) is 0 Å². The Morgan fingerprint density at radius 3 is 2.14 bits per heavy atom. The fourth-order valence-corrected chi connectivity index (χ4v) is 4.17. The number of carbonyl (C=O) groups is 2. The lowest BCUT2D eigenvalue weighted by atomic mass is 10.1. The third kappa shape index (κ3) is 12.0. The van der Waals surface area contributed by atoms with Gasteiger partial charge in [0.1, 0.15) is 11.5 Å². The Kier molecular flexibility index (Phi) is 16.4. The summed E-state index contributed by atoms with van der Waals surface area (Å²) in [5, 5.41) is 13.8. The fraction of sp³-hybridized carbons (Fsp3) is 0.481. The monoisotopic (exact) mass is 504 g/mol. The second-order valence-corrected chi connectivity index (χ2v) is 8.25. The number of ether oxygens (including phenoxy) is 3. The van der Waals surface area contributed by atoms with Gasteiger partial charge in [-0.3, -0.25) is 19.4 Å². The molecule has 1 heterocycles. The smallest absolute Gasteiger partial charge is 0.290 e. The molecule has 9 heteroatoms. The van der Waals surface area contributed by atoms with Gasteiger partial charge in [0.15, 0.2) is 0 Å². The van der Waals surface area contributed by atoms with E-state index in [1.165, 1.54) is 42.6 Å². The van der Waals surface area contributed by atoms with Crippen molar-refractivity contribution >= 4 is 12.9 Å². The summed E-state index contributed by atoms with van der Waals surface area (Å²) in [5.74, 6) is 1.89. The first-order valence-corrected chi connectivity index (χ1v) is 11.9. The van der Waals surface area contributed by atoms with Gasteiger partial charge in [0.25, 0.3) is 12.9 Å². The molecule has 1 aliphatic heterocycles. The number of nitrogens with zero attached hydrogens (tertiary/aromatic N) is 2. The first kappa shape index (κ1) is 30.9. The van der Waals surface area contributed by atoms with Gasteiger partial charge in [-0.05, 0) is 67.7 Å². The van der Waals surface area contributed by atoms with E-state index in [1.807, 2.05) is 6.07 Å². The van der Waals surface area contributed by atoms with Gasteiger partial charge in [-0.15, -0.1) is 0 Å². The summed E-state index contributed by atoms with van der Waals surface area (Å²) in [7, 11) is 5.25. The van der Waals surface area contributed by atoms with Crippen LogP contribution in [-0.4, -0.2) is 80.5 Å². The lowest BCUT2D eigenvalue weighted by Crippen LogP contribution is -2.25. The maximum atomic E-state index is 8.36. The second-order valence-electron chi connectivity index (χ2n) is 8.25. The van der Waals surface area contributed by atoms with Crippen LogP contribution >= 0.6 is 0 Å². The molecule has 9 nitrogen and oxygen atoms in total. The van der Waals surface area contributed by atoms with Crippen molar-refractivity contribution in [1.82, 2.24) is 9.80 Å². The van der Waals surface area contributed by atoms with Crippen LogP contribution in [0.15, 0.2) is 42.5 Å². The van der Waals surface area contributed by atoms with E-state index in [1.54, 1.807) is 21.3 Å². The lowest BCUT2D eigenvalue weighted by molar-refractivity contribution is -0.123. The predicted octanol–water partition coefficient (Wildman–Crippen LogP) is 3.74. The largest absolute Gasteiger partial charge is 0.497 e. The molecule has 0 aliphatic carbocycles. The number of likely N-dealkylation sites (tertiary alicyclic amines) is 1. The molecule has 0 unspecified atom stereocenters. The molecule has 0 radical (unpaired) electrons. The van der Waals surface area contributed by atoms with Crippen molar-refractivity contribution in [3.63, 3.8) is 0 Å². The van der Waals surface area contributed by atoms with Crippen LogP contribution in [0.1, 0.15) is 36.0 Å². The number of carboxylic acid groups (broad SMARTS) is 2. The van der Waals surface area contributed by atoms with Crippen LogP contribution in [-0.2, 0) is 34.0 Å². The Bertz CT molecular complexity index is 867. The van der Waals surface area contributed by atoms with E-state index < -0.39 is 0 Å². The van der Waals surface area contributed by atoms with Gasteiger partial charge in [-0.25, -0.2) is 0 Å². The van der Waals surface area contributed by atoms with Crippen molar-refractivity contribution in [3.05, 3.63) is 59.2 Å². The summed E-state index contributed by atoms with van der Waals surface area (Å²) in [6.45, 7) is 6.39. The quantitative estimate of drug-likeness (QED) is 0.330. The SMILES string of the molecule is COCCCN(Cc1cccc(OC)c1)Cc1ccc(OC)c(CN2CCCC2)c1.O=CO.O=CO. The maximum Gasteiger partial charge on any atom is 0.290 e. The highest BCUT2D eigenvalue weighted by Gasteiger charge is 2.16. The van der Waals surface area contributed by atoms with Gasteiger partial charge < -0.3 is 24.4 Å². The minimum Gasteiger partial charge on any atom is -0.497 e. The van der Waals surface area contributed by atoms with Crippen LogP contribution in [0.4, 0.5) is 0 Å². The topological polar surface area (TPSA) is 109 Å². The Morgan fingerprint density at radius 2 is 1.56 bits per heavy atom. The molecule has 1 aliphatic rings. The number of benzene rings is 2. The molecule has 36 heavy (non-hydrogen) atoms. The van der Waals surface area contributed by atoms with Gasteiger partial charge in [0, 0.05) is 45.5 Å². The number of methoxy groups -OCH3 is 3. The highest BCUT2D eigenvalue weighted by molar-refractivity contribution is 5.37. The van der Waals surface area contributed by atoms with Crippen LogP contribution in [0.25, 0.3) is 0 Å². The zero-order valence-electron chi connectivity index (χ0n) is 21.6. The van der Waals surface area contributed by atoms with Gasteiger partial charge >= 0.3 is 0 Å². The molecule has 200 valence electrons. The molecule has 0 aromatic heterocycles. The van der Waals surface area contributed by atoms with Crippen molar-refractivity contribution in [2.75, 3.05) is 47.6 Å². The number of rotatable bonds is 12. The van der Waals surface area contributed by atoms with Crippen molar-refractivity contribution in [1.29, 1.82) is 0 Å². The van der Waals surface area contributed by atoms with E-state index in [9.17, 15) is 0 Å². The van der Waals surface area contributed by atoms with E-state index in [0.717, 1.165) is 50.7 Å². The van der Waals surface area contributed by atoms with Crippen LogP contribution in [0.3, 0.4) is 0 Å². The average molecular weight is 505 g/mol. The van der Waals surface area contributed by atoms with Gasteiger partial charge in [0.05, 0.1) is 14.2 Å². The third-order valence-electron chi connectivity index (χ3n) is 5.71. The van der Waals surface area contributed by atoms with E-state index in [4.69, 9.17) is 34.0 Å². The molecule has 0 amide bonds. The summed E-state index contributed by atoms with van der Waals surface area (Å²) in [4.78, 5) is 21.7. The van der Waals surface area contributed by atoms with E-state index in [-0.39, 0.29) is 12.9 Å². The van der Waals surface area contributed by atoms with Gasteiger partial charge in [-0.1, -0.05) is 18.2 Å². The average Bonchev–Trinajstić information content (AvgIpc) is 3.39. The summed E-state index contributed by atoms with van der Waals surface area (Å²) >= 11 is 0. The number of hydrogen-bond donors (Lipinski definition) is 2. The normalized spacial score (nSPS) is 12.7. The highest BCUT2D eigenvalue weighted by Crippen LogP contribution is 2.25. The predicted molar refractivity (Wildman–Crippen MR) is 138 cm³/mol. The van der Waals surface area contributed by atoms with Crippen molar-refractivity contribution in [3.8, 4) is 11.5 Å². The molecule has 2 N–H and O–H groups in total. The maximum absolute atomic E-state index is 8.36. The Morgan fingerprint density at radius 1 is 0.917 bits per heavy atom. The first-order valence-electron chi connectivity index (χ1n) is 11.9. The molecule has 1 fully saturated rings. The molecular formula is C27H40N2O7. The number of hydrogen-bond acceptors (Lipinski definition) is 7. The van der Waals surface area contributed by atoms with Crippen LogP contribution < -0.4 is 9.47 Å². The molecule has 2 aromatic rings. The molecular weight excluding hydrogens is 464 g/mol. The standard InChI is InChI=1S/C25H36N2O3.2CH2O2/c1-28-15-7-14-27(18-21-8-6-9-24(17-21)29-2)19-22-10-11-25(30-3)23(16-22)20-26-12-4-5-13-26;2*2-1-3/h6,8-11,16-17H,4-5,7,12-15,18-20H2,1-3H3;2*1H,(H,2,3). The molecule has 1 saturated heterocycles. The summed E-state index contributed by atoms with van der Waals surface area (Å²) in [6, 6.07) is 15.0. The van der Waals surface area contributed by atoms with Gasteiger partial charge in [-0.2, -0.15) is 0 Å². The van der Waals surface area contributed by atoms with Crippen LogP contribution in [0, 0.1) is 0 Å². The minimum absolute atomic E-state index is 0.250. The summed E-state index contributed by atoms with van der Waals surface area (Å²) in [6.07, 6.45) is 3.61. The summed E-state index contributed by atoms with van der Waals surface area (Å²) in [5.41, 5.74) is 3.87. The zero-order valence-corrected chi connectivity index (χ0v) is 21.6. The van der Waals surface area contributed by atoms with E-state index in [2.05, 4.69) is 46.2 Å². The van der Waals surface area contributed by atoms with Crippen LogP contribution in [0.5, 0.6) is 11.5 Å². The van der Waals surface area contributed by atoms with Gasteiger partial charge in [0.2, 0.25) is 0 Å². The Balaban J connectivity index is 0.000000982. The second kappa shape index (κ2) is 19.1. The summed E-state index contributed by atoms with van der Waals surface area (Å²) < 4.78 is 16.3. The van der Waals surface area contributed by atoms with Crippen LogP contribution in [0.2, 0.25) is 0 Å². The third-order valence-corrected chi connectivity index (χ3v) is 5.71. The minimum atomic E-state index is -0.250. The molecule has 0 saturated carbocycles. The van der Waals surface area contributed by atoms with E-state index >= 15 is 0 Å². The highest BCUT2D eigenvalue weighted by atomic mass is 16.5. The molecule has 0 bridgehead atoms. The first-order chi connectivity index (χ1) is 17.5.